The Morgan fingerprint density at radius 3 is 2.70 bits per heavy atom. The van der Waals surface area contributed by atoms with E-state index in [1.165, 1.54) is 47.5 Å². The molecule has 10 nitrogen and oxygen atoms in total. The Morgan fingerprint density at radius 1 is 1.12 bits per heavy atom. The van der Waals surface area contributed by atoms with E-state index < -0.39 is 35.3 Å². The van der Waals surface area contributed by atoms with Gasteiger partial charge >= 0.3 is 0 Å². The number of pyridine rings is 1. The highest BCUT2D eigenvalue weighted by Gasteiger charge is 2.47. The van der Waals surface area contributed by atoms with E-state index in [9.17, 15) is 22.4 Å². The van der Waals surface area contributed by atoms with Gasteiger partial charge in [-0.15, -0.1) is 0 Å². The number of thiazole rings is 1. The third kappa shape index (κ3) is 4.65. The Hall–Kier alpha value is -4.92. The van der Waals surface area contributed by atoms with Crippen molar-refractivity contribution < 1.29 is 22.3 Å². The monoisotopic (exact) mass is 608 g/mol. The highest BCUT2D eigenvalue weighted by Crippen LogP contribution is 2.42. The van der Waals surface area contributed by atoms with Gasteiger partial charge in [-0.1, -0.05) is 23.5 Å². The van der Waals surface area contributed by atoms with E-state index in [4.69, 9.17) is 15.6 Å². The van der Waals surface area contributed by atoms with Gasteiger partial charge in [0.15, 0.2) is 5.65 Å². The summed E-state index contributed by atoms with van der Waals surface area (Å²) in [7, 11) is 0. The molecule has 218 valence electrons. The fourth-order valence-corrected chi connectivity index (χ4v) is 5.98. The van der Waals surface area contributed by atoms with Gasteiger partial charge in [-0.3, -0.25) is 9.20 Å². The molecule has 43 heavy (non-hydrogen) atoms. The second kappa shape index (κ2) is 9.83. The summed E-state index contributed by atoms with van der Waals surface area (Å²) in [5.74, 6) is -3.82. The Morgan fingerprint density at radius 2 is 1.93 bits per heavy atom. The molecular weight excluding hydrogens is 588 g/mol. The predicted molar refractivity (Wildman–Crippen MR) is 150 cm³/mol. The summed E-state index contributed by atoms with van der Waals surface area (Å²) < 4.78 is 63.2. The molecule has 1 aliphatic carbocycles. The van der Waals surface area contributed by atoms with E-state index in [-0.39, 0.29) is 46.3 Å². The van der Waals surface area contributed by atoms with Crippen molar-refractivity contribution in [3.8, 4) is 26.9 Å². The summed E-state index contributed by atoms with van der Waals surface area (Å²) in [5, 5.41) is 5.36. The first-order chi connectivity index (χ1) is 20.6. The number of halogens is 4. The molecular formula is C28H20F4N8O2S. The van der Waals surface area contributed by atoms with Crippen molar-refractivity contribution in [1.29, 1.82) is 0 Å². The van der Waals surface area contributed by atoms with Crippen LogP contribution in [0.4, 0.5) is 23.4 Å². The molecule has 0 aliphatic heterocycles. The Labute approximate surface area is 243 Å². The SMILES string of the molecule is CC(c1nc2ccc(F)cn2c(=O)c1-c1cccc(F)c1)n1nc(-c2cnc(OC3CC(F)(F)C3)s2)c2c(N)ncnc21. The minimum atomic E-state index is -2.74. The lowest BCUT2D eigenvalue weighted by Crippen LogP contribution is -2.43. The van der Waals surface area contributed by atoms with Crippen LogP contribution < -0.4 is 16.0 Å². The first-order valence-electron chi connectivity index (χ1n) is 13.0. The van der Waals surface area contributed by atoms with Crippen molar-refractivity contribution in [2.45, 2.75) is 37.8 Å². The van der Waals surface area contributed by atoms with Gasteiger partial charge in [0.05, 0.1) is 33.8 Å². The molecule has 0 radical (unpaired) electrons. The second-order valence-electron chi connectivity index (χ2n) is 10.2. The number of nitrogens with two attached hydrogens (primary N) is 1. The van der Waals surface area contributed by atoms with Crippen LogP contribution in [0, 0.1) is 11.6 Å². The number of fused-ring (bicyclic) bond motifs is 2. The van der Waals surface area contributed by atoms with Crippen molar-refractivity contribution in [3.63, 3.8) is 0 Å². The van der Waals surface area contributed by atoms with Gasteiger partial charge < -0.3 is 10.5 Å². The lowest BCUT2D eigenvalue weighted by Gasteiger charge is -2.33. The quantitative estimate of drug-likeness (QED) is 0.254. The van der Waals surface area contributed by atoms with E-state index in [0.29, 0.717) is 21.6 Å². The molecule has 1 saturated carbocycles. The summed E-state index contributed by atoms with van der Waals surface area (Å²) in [5.41, 5.74) is 7.03. The summed E-state index contributed by atoms with van der Waals surface area (Å²) in [6.45, 7) is 1.73. The van der Waals surface area contributed by atoms with Crippen molar-refractivity contribution in [2.24, 2.45) is 0 Å². The molecule has 1 unspecified atom stereocenters. The number of aromatic nitrogens is 7. The molecule has 1 atom stereocenters. The molecule has 15 heteroatoms. The third-order valence-electron chi connectivity index (χ3n) is 7.25. The maximum atomic E-state index is 14.3. The highest BCUT2D eigenvalue weighted by molar-refractivity contribution is 7.16. The summed E-state index contributed by atoms with van der Waals surface area (Å²) in [6, 6.07) is 7.24. The molecule has 5 heterocycles. The van der Waals surface area contributed by atoms with Crippen molar-refractivity contribution in [1.82, 2.24) is 34.1 Å². The van der Waals surface area contributed by atoms with E-state index in [1.807, 2.05) is 0 Å². The molecule has 2 N–H and O–H groups in total. The van der Waals surface area contributed by atoms with Crippen LogP contribution in [-0.4, -0.2) is 46.1 Å². The van der Waals surface area contributed by atoms with Crippen LogP contribution in [0.3, 0.4) is 0 Å². The van der Waals surface area contributed by atoms with Crippen LogP contribution in [0.25, 0.3) is 38.4 Å². The zero-order valence-corrected chi connectivity index (χ0v) is 23.0. The lowest BCUT2D eigenvalue weighted by atomic mass is 9.91. The van der Waals surface area contributed by atoms with Crippen LogP contribution >= 0.6 is 11.3 Å². The number of ether oxygens (including phenoxy) is 1. The molecule has 1 aliphatic rings. The van der Waals surface area contributed by atoms with Crippen LogP contribution in [-0.2, 0) is 0 Å². The third-order valence-corrected chi connectivity index (χ3v) is 8.14. The van der Waals surface area contributed by atoms with Crippen molar-refractivity contribution in [3.05, 3.63) is 82.8 Å². The maximum absolute atomic E-state index is 14.3. The zero-order chi connectivity index (χ0) is 30.0. The number of hydrogen-bond donors (Lipinski definition) is 1. The minimum Gasteiger partial charge on any atom is -0.466 e. The average molecular weight is 609 g/mol. The predicted octanol–water partition coefficient (Wildman–Crippen LogP) is 5.27. The smallest absolute Gasteiger partial charge is 0.274 e. The van der Waals surface area contributed by atoms with Gasteiger partial charge in [0.25, 0.3) is 16.7 Å². The van der Waals surface area contributed by atoms with E-state index in [0.717, 1.165) is 21.9 Å². The molecule has 0 saturated heterocycles. The lowest BCUT2D eigenvalue weighted by molar-refractivity contribution is -0.134. The van der Waals surface area contributed by atoms with Crippen LogP contribution in [0.15, 0.2) is 59.9 Å². The van der Waals surface area contributed by atoms with Crippen LogP contribution in [0.5, 0.6) is 5.19 Å². The molecule has 0 spiro atoms. The number of rotatable bonds is 6. The first-order valence-corrected chi connectivity index (χ1v) is 13.9. The first kappa shape index (κ1) is 26.9. The number of nitrogen functional groups attached to an aromatic ring is 1. The molecule has 5 aromatic heterocycles. The maximum Gasteiger partial charge on any atom is 0.274 e. The fraction of sp³-hybridized carbons (Fsp3) is 0.214. The summed E-state index contributed by atoms with van der Waals surface area (Å²) in [4.78, 5) is 31.7. The van der Waals surface area contributed by atoms with Crippen LogP contribution in [0.2, 0.25) is 0 Å². The number of nitrogens with zero attached hydrogens (tertiary/aromatic N) is 7. The van der Waals surface area contributed by atoms with Crippen molar-refractivity contribution in [2.75, 3.05) is 5.73 Å². The Balaban J connectivity index is 1.38. The zero-order valence-electron chi connectivity index (χ0n) is 22.2. The highest BCUT2D eigenvalue weighted by atomic mass is 32.1. The topological polar surface area (TPSA) is 126 Å². The number of benzene rings is 1. The van der Waals surface area contributed by atoms with Gasteiger partial charge in [-0.2, -0.15) is 5.10 Å². The van der Waals surface area contributed by atoms with Gasteiger partial charge in [0.1, 0.15) is 41.2 Å². The van der Waals surface area contributed by atoms with E-state index in [2.05, 4.69) is 19.9 Å². The van der Waals surface area contributed by atoms with Gasteiger partial charge in [0, 0.05) is 19.0 Å². The Kier molecular flexibility index (Phi) is 6.16. The van der Waals surface area contributed by atoms with Gasteiger partial charge in [-0.05, 0) is 36.8 Å². The number of anilines is 1. The fourth-order valence-electron chi connectivity index (χ4n) is 5.16. The standard InChI is InChI=1S/C28H20F4N8O2S/c1-13(22-20(14-3-2-4-15(29)7-14)26(41)39-11-16(30)5-6-19(39)37-22)40-25-21(24(33)35-12-36-25)23(38-40)18-10-34-27(43-18)42-17-8-28(31,32)9-17/h2-7,10-13,17H,8-9H2,1H3,(H2,33,35,36). The number of alkyl halides is 2. The largest absolute Gasteiger partial charge is 0.466 e. The molecule has 0 amide bonds. The average Bonchev–Trinajstić information content (AvgIpc) is 3.57. The van der Waals surface area contributed by atoms with Crippen molar-refractivity contribution >= 4 is 33.8 Å². The molecule has 1 fully saturated rings. The second-order valence-corrected chi connectivity index (χ2v) is 11.2. The van der Waals surface area contributed by atoms with Crippen LogP contribution in [0.1, 0.15) is 31.5 Å². The van der Waals surface area contributed by atoms with Gasteiger partial charge in [-0.25, -0.2) is 42.2 Å². The number of hydrogen-bond acceptors (Lipinski definition) is 9. The van der Waals surface area contributed by atoms with E-state index in [1.54, 1.807) is 13.0 Å². The molecule has 6 aromatic rings. The Bertz CT molecular complexity index is 2100. The summed E-state index contributed by atoms with van der Waals surface area (Å²) in [6.07, 6.45) is 2.39. The normalized spacial score (nSPS) is 15.6. The van der Waals surface area contributed by atoms with E-state index >= 15 is 0 Å². The minimum absolute atomic E-state index is 0.0492. The summed E-state index contributed by atoms with van der Waals surface area (Å²) >= 11 is 1.10. The van der Waals surface area contributed by atoms with Gasteiger partial charge in [0.2, 0.25) is 0 Å². The molecule has 0 bridgehead atoms. The molecule has 1 aromatic carbocycles. The molecule has 7 rings (SSSR count).